The van der Waals surface area contributed by atoms with E-state index in [0.717, 1.165) is 40.2 Å². The summed E-state index contributed by atoms with van der Waals surface area (Å²) in [4.78, 5) is 16.0. The van der Waals surface area contributed by atoms with Crippen LogP contribution in [0.4, 0.5) is 0 Å². The molecule has 3 nitrogen and oxygen atoms in total. The molecule has 0 unspecified atom stereocenters. The molecular weight excluding hydrogens is 278 g/mol. The molecule has 2 rings (SSSR count). The Hall–Kier alpha value is -0.680. The Kier molecular flexibility index (Phi) is 4.46. The number of hydrogen-bond donors (Lipinski definition) is 1. The normalized spacial score (nSPS) is 19.3. The predicted molar refractivity (Wildman–Crippen MR) is 80.1 cm³/mol. The van der Waals surface area contributed by atoms with Crippen molar-refractivity contribution in [2.24, 2.45) is 5.41 Å². The first-order valence-corrected chi connectivity index (χ1v) is 7.96. The molecule has 0 amide bonds. The quantitative estimate of drug-likeness (QED) is 0.673. The lowest BCUT2D eigenvalue weighted by Crippen LogP contribution is -2.28. The maximum absolute atomic E-state index is 11.9. The van der Waals surface area contributed by atoms with Gasteiger partial charge in [0.1, 0.15) is 6.10 Å². The lowest BCUT2D eigenvalue weighted by molar-refractivity contribution is -0.150. The van der Waals surface area contributed by atoms with E-state index < -0.39 is 0 Å². The molecule has 0 radical (unpaired) electrons. The molecule has 0 aromatic carbocycles. The molecule has 0 aliphatic heterocycles. The van der Waals surface area contributed by atoms with Crippen LogP contribution in [-0.2, 0) is 16.0 Å². The average molecular weight is 299 g/mol. The molecule has 1 aliphatic carbocycles. The average Bonchev–Trinajstić information content (AvgIpc) is 2.60. The number of esters is 1. The van der Waals surface area contributed by atoms with E-state index in [4.69, 9.17) is 17.0 Å². The van der Waals surface area contributed by atoms with Gasteiger partial charge in [0.2, 0.25) is 0 Å². The Morgan fingerprint density at radius 1 is 1.47 bits per heavy atom. The van der Waals surface area contributed by atoms with Crippen LogP contribution in [0.5, 0.6) is 0 Å². The first kappa shape index (κ1) is 14.7. The van der Waals surface area contributed by atoms with Gasteiger partial charge in [-0.2, -0.15) is 0 Å². The highest BCUT2D eigenvalue weighted by atomic mass is 32.1. The van der Waals surface area contributed by atoms with Crippen LogP contribution in [-0.4, -0.2) is 17.1 Å². The van der Waals surface area contributed by atoms with Crippen molar-refractivity contribution in [1.29, 1.82) is 0 Å². The van der Waals surface area contributed by atoms with Crippen molar-refractivity contribution >= 4 is 29.5 Å². The zero-order chi connectivity index (χ0) is 14.0. The molecule has 1 saturated carbocycles. The SMILES string of the molecule is Cc1[nH]c(=S)sc1CC(=O)OC1CCC(C)(C)CC1. The number of ether oxygens (including phenoxy) is 1. The molecule has 1 heterocycles. The fraction of sp³-hybridized carbons (Fsp3) is 0.714. The number of nitrogens with one attached hydrogen (secondary N) is 1. The number of aromatic amines is 1. The second-order valence-corrected chi connectivity index (χ2v) is 7.86. The predicted octanol–water partition coefficient (Wildman–Crippen LogP) is 4.17. The number of H-pyrrole nitrogens is 1. The minimum absolute atomic E-state index is 0.104. The molecule has 5 heteroatoms. The minimum Gasteiger partial charge on any atom is -0.462 e. The van der Waals surface area contributed by atoms with Gasteiger partial charge in [0.25, 0.3) is 0 Å². The van der Waals surface area contributed by atoms with E-state index in [1.165, 1.54) is 11.3 Å². The van der Waals surface area contributed by atoms with Crippen molar-refractivity contribution in [2.45, 2.75) is 59.0 Å². The van der Waals surface area contributed by atoms with Gasteiger partial charge in [-0.25, -0.2) is 0 Å². The van der Waals surface area contributed by atoms with E-state index in [9.17, 15) is 4.79 Å². The summed E-state index contributed by atoms with van der Waals surface area (Å²) >= 11 is 6.53. The molecule has 0 saturated heterocycles. The van der Waals surface area contributed by atoms with Crippen molar-refractivity contribution in [3.05, 3.63) is 14.5 Å². The molecule has 1 N–H and O–H groups in total. The highest BCUT2D eigenvalue weighted by Crippen LogP contribution is 2.36. The van der Waals surface area contributed by atoms with Crippen molar-refractivity contribution in [3.63, 3.8) is 0 Å². The summed E-state index contributed by atoms with van der Waals surface area (Å²) in [6.45, 7) is 6.50. The van der Waals surface area contributed by atoms with Gasteiger partial charge in [0.05, 0.1) is 6.42 Å². The van der Waals surface area contributed by atoms with E-state index in [-0.39, 0.29) is 12.1 Å². The number of aromatic nitrogens is 1. The van der Waals surface area contributed by atoms with Crippen LogP contribution in [0.3, 0.4) is 0 Å². The van der Waals surface area contributed by atoms with Gasteiger partial charge in [-0.1, -0.05) is 13.8 Å². The van der Waals surface area contributed by atoms with E-state index in [2.05, 4.69) is 18.8 Å². The summed E-state index contributed by atoms with van der Waals surface area (Å²) in [7, 11) is 0. The van der Waals surface area contributed by atoms with E-state index in [0.29, 0.717) is 11.8 Å². The van der Waals surface area contributed by atoms with Crippen LogP contribution in [0.2, 0.25) is 0 Å². The number of rotatable bonds is 3. The third kappa shape index (κ3) is 4.14. The largest absolute Gasteiger partial charge is 0.462 e. The standard InChI is InChI=1S/C14H21NO2S2/c1-9-11(19-13(18)15-9)8-12(16)17-10-4-6-14(2,3)7-5-10/h10H,4-8H2,1-3H3,(H,15,18). The summed E-state index contributed by atoms with van der Waals surface area (Å²) < 4.78 is 6.29. The van der Waals surface area contributed by atoms with Crippen molar-refractivity contribution < 1.29 is 9.53 Å². The maximum Gasteiger partial charge on any atom is 0.311 e. The molecule has 106 valence electrons. The smallest absolute Gasteiger partial charge is 0.311 e. The second kappa shape index (κ2) is 5.75. The van der Waals surface area contributed by atoms with Crippen LogP contribution >= 0.6 is 23.6 Å². The maximum atomic E-state index is 11.9. The highest BCUT2D eigenvalue weighted by Gasteiger charge is 2.28. The van der Waals surface area contributed by atoms with Crippen LogP contribution in [0.1, 0.15) is 50.1 Å². The summed E-state index contributed by atoms with van der Waals surface area (Å²) in [6.07, 6.45) is 4.68. The van der Waals surface area contributed by atoms with E-state index in [1.54, 1.807) is 0 Å². The van der Waals surface area contributed by atoms with Crippen LogP contribution in [0, 0.1) is 16.3 Å². The van der Waals surface area contributed by atoms with Crippen molar-refractivity contribution in [2.75, 3.05) is 0 Å². The van der Waals surface area contributed by atoms with E-state index in [1.807, 2.05) is 6.92 Å². The van der Waals surface area contributed by atoms with Gasteiger partial charge in [0.15, 0.2) is 3.95 Å². The van der Waals surface area contributed by atoms with Gasteiger partial charge in [-0.15, -0.1) is 11.3 Å². The third-order valence-electron chi connectivity index (χ3n) is 3.81. The summed E-state index contributed by atoms with van der Waals surface area (Å²) in [5.41, 5.74) is 1.39. The first-order chi connectivity index (χ1) is 8.85. The number of carbonyl (C=O) groups excluding carboxylic acids is 1. The molecular formula is C14H21NO2S2. The molecule has 0 atom stereocenters. The van der Waals surface area contributed by atoms with Gasteiger partial charge < -0.3 is 9.72 Å². The molecule has 1 aliphatic rings. The number of aryl methyl sites for hydroxylation is 1. The lowest BCUT2D eigenvalue weighted by atomic mass is 9.76. The zero-order valence-electron chi connectivity index (χ0n) is 11.7. The number of hydrogen-bond acceptors (Lipinski definition) is 4. The molecule has 1 aromatic heterocycles. The van der Waals surface area contributed by atoms with Gasteiger partial charge in [-0.3, -0.25) is 4.79 Å². The van der Waals surface area contributed by atoms with Gasteiger partial charge in [0, 0.05) is 10.6 Å². The number of carbonyl (C=O) groups is 1. The van der Waals surface area contributed by atoms with Crippen LogP contribution in [0.25, 0.3) is 0 Å². The Morgan fingerprint density at radius 3 is 2.63 bits per heavy atom. The second-order valence-electron chi connectivity index (χ2n) is 6.09. The lowest BCUT2D eigenvalue weighted by Gasteiger charge is -2.33. The summed E-state index contributed by atoms with van der Waals surface area (Å²) in [6, 6.07) is 0. The Morgan fingerprint density at radius 2 is 2.11 bits per heavy atom. The molecule has 0 bridgehead atoms. The fourth-order valence-electron chi connectivity index (χ4n) is 2.45. The minimum atomic E-state index is -0.127. The van der Waals surface area contributed by atoms with Crippen molar-refractivity contribution in [1.82, 2.24) is 4.98 Å². The van der Waals surface area contributed by atoms with Gasteiger partial charge in [-0.05, 0) is 50.2 Å². The zero-order valence-corrected chi connectivity index (χ0v) is 13.4. The third-order valence-corrected chi connectivity index (χ3v) is 5.15. The summed E-state index contributed by atoms with van der Waals surface area (Å²) in [5.74, 6) is -0.127. The fourth-order valence-corrected chi connectivity index (χ4v) is 3.73. The Labute approximate surface area is 123 Å². The Bertz CT molecular complexity index is 506. The molecule has 1 aromatic rings. The van der Waals surface area contributed by atoms with Crippen molar-refractivity contribution in [3.8, 4) is 0 Å². The monoisotopic (exact) mass is 299 g/mol. The highest BCUT2D eigenvalue weighted by molar-refractivity contribution is 7.73. The molecule has 1 fully saturated rings. The van der Waals surface area contributed by atoms with Crippen LogP contribution in [0.15, 0.2) is 0 Å². The molecule has 0 spiro atoms. The summed E-state index contributed by atoms with van der Waals surface area (Å²) in [5, 5.41) is 0. The van der Waals surface area contributed by atoms with Crippen LogP contribution < -0.4 is 0 Å². The molecule has 19 heavy (non-hydrogen) atoms. The first-order valence-electron chi connectivity index (χ1n) is 6.74. The number of thiazole rings is 1. The van der Waals surface area contributed by atoms with E-state index >= 15 is 0 Å². The topological polar surface area (TPSA) is 42.1 Å². The Balaban J connectivity index is 1.85. The van der Waals surface area contributed by atoms with Gasteiger partial charge >= 0.3 is 5.97 Å².